The number of benzene rings is 1. The minimum atomic E-state index is -5.08. The first-order valence-corrected chi connectivity index (χ1v) is 11.3. The van der Waals surface area contributed by atoms with Crippen LogP contribution in [0.15, 0.2) is 42.7 Å². The van der Waals surface area contributed by atoms with Gasteiger partial charge in [-0.25, -0.2) is 4.79 Å². The highest BCUT2D eigenvalue weighted by Crippen LogP contribution is 2.46. The van der Waals surface area contributed by atoms with Crippen molar-refractivity contribution in [1.82, 2.24) is 9.88 Å². The second-order valence-electron chi connectivity index (χ2n) is 8.25. The topological polar surface area (TPSA) is 79.7 Å². The summed E-state index contributed by atoms with van der Waals surface area (Å²) in [5.74, 6) is -1.59. The Morgan fingerprint density at radius 2 is 1.82 bits per heavy atom. The number of carbonyl (C=O) groups excluding carboxylic acids is 1. The van der Waals surface area contributed by atoms with Crippen molar-refractivity contribution in [3.63, 3.8) is 0 Å². The van der Waals surface area contributed by atoms with Crippen LogP contribution in [0.5, 0.6) is 0 Å². The Morgan fingerprint density at radius 3 is 2.39 bits per heavy atom. The molecule has 0 radical (unpaired) electrons. The molecular weight excluding hydrogens is 457 g/mol. The number of pyridine rings is 1. The maximum absolute atomic E-state index is 12.7. The molecule has 1 spiro atoms. The number of amides is 1. The molecule has 10 heteroatoms. The van der Waals surface area contributed by atoms with Gasteiger partial charge < -0.3 is 14.7 Å². The lowest BCUT2D eigenvalue weighted by Crippen LogP contribution is -2.60. The molecule has 1 aromatic carbocycles. The standard InChI is InChI=1S/C21H24N2O2S.C2HF3O2/c1-15-3-4-18(9-16(15)2)20(24)23-13-21(14-23)10-19(12-26-21)25-11-17-5-7-22-8-6-17;3-2(4,5)1(6)7/h3-9,19H,10-14H2,1-2H3;(H,6,7). The fraction of sp³-hybridized carbons (Fsp3) is 0.435. The number of nitrogens with zero attached hydrogens (tertiary/aromatic N) is 2. The first-order valence-electron chi connectivity index (χ1n) is 10.3. The summed E-state index contributed by atoms with van der Waals surface area (Å²) in [4.78, 5) is 27.6. The van der Waals surface area contributed by atoms with Crippen LogP contribution in [-0.2, 0) is 16.1 Å². The van der Waals surface area contributed by atoms with Crippen molar-refractivity contribution in [2.24, 2.45) is 0 Å². The number of hydrogen-bond donors (Lipinski definition) is 1. The normalized spacial score (nSPS) is 18.9. The molecule has 33 heavy (non-hydrogen) atoms. The number of ether oxygens (including phenoxy) is 1. The van der Waals surface area contributed by atoms with E-state index in [1.165, 1.54) is 11.1 Å². The van der Waals surface area contributed by atoms with Gasteiger partial charge in [0.05, 0.1) is 17.5 Å². The number of alkyl halides is 3. The van der Waals surface area contributed by atoms with Crippen molar-refractivity contribution in [2.75, 3.05) is 18.8 Å². The summed E-state index contributed by atoms with van der Waals surface area (Å²) in [6.07, 6.45) is -0.191. The van der Waals surface area contributed by atoms with E-state index in [-0.39, 0.29) is 16.8 Å². The number of aryl methyl sites for hydroxylation is 2. The predicted octanol–water partition coefficient (Wildman–Crippen LogP) is 4.25. The molecule has 178 valence electrons. The fourth-order valence-electron chi connectivity index (χ4n) is 3.67. The number of aliphatic carboxylic acids is 1. The van der Waals surface area contributed by atoms with E-state index in [0.29, 0.717) is 6.61 Å². The number of aromatic nitrogens is 1. The van der Waals surface area contributed by atoms with E-state index in [4.69, 9.17) is 14.6 Å². The predicted molar refractivity (Wildman–Crippen MR) is 118 cm³/mol. The Morgan fingerprint density at radius 1 is 1.18 bits per heavy atom. The molecule has 0 saturated carbocycles. The van der Waals surface area contributed by atoms with Gasteiger partial charge in [-0.2, -0.15) is 13.2 Å². The zero-order chi connectivity index (χ0) is 24.2. The summed E-state index contributed by atoms with van der Waals surface area (Å²) in [6.45, 7) is 6.43. The maximum Gasteiger partial charge on any atom is 0.490 e. The van der Waals surface area contributed by atoms with Crippen LogP contribution >= 0.6 is 11.8 Å². The van der Waals surface area contributed by atoms with E-state index in [1.54, 1.807) is 12.4 Å². The lowest BCUT2D eigenvalue weighted by atomic mass is 9.92. The molecule has 0 aliphatic carbocycles. The highest BCUT2D eigenvalue weighted by atomic mass is 32.2. The molecule has 2 saturated heterocycles. The third-order valence-electron chi connectivity index (χ3n) is 5.65. The maximum atomic E-state index is 12.7. The molecule has 2 aliphatic heterocycles. The Kier molecular flexibility index (Phi) is 7.69. The van der Waals surface area contributed by atoms with Gasteiger partial charge in [-0.3, -0.25) is 9.78 Å². The number of hydrogen-bond acceptors (Lipinski definition) is 5. The SMILES string of the molecule is Cc1ccc(C(=O)N2CC3(CC(OCc4ccncc4)CS3)C2)cc1C.O=C(O)C(F)(F)F. The van der Waals surface area contributed by atoms with Crippen LogP contribution in [0.2, 0.25) is 0 Å². The zero-order valence-electron chi connectivity index (χ0n) is 18.3. The largest absolute Gasteiger partial charge is 0.490 e. The summed E-state index contributed by atoms with van der Waals surface area (Å²) in [6, 6.07) is 9.96. The van der Waals surface area contributed by atoms with Crippen molar-refractivity contribution >= 4 is 23.6 Å². The molecule has 1 atom stereocenters. The van der Waals surface area contributed by atoms with Gasteiger partial charge in [-0.05, 0) is 61.2 Å². The number of carbonyl (C=O) groups is 2. The van der Waals surface area contributed by atoms with E-state index < -0.39 is 12.1 Å². The van der Waals surface area contributed by atoms with Gasteiger partial charge in [0.15, 0.2) is 0 Å². The summed E-state index contributed by atoms with van der Waals surface area (Å²) in [5, 5.41) is 7.12. The van der Waals surface area contributed by atoms with E-state index in [2.05, 4.69) is 18.8 Å². The number of rotatable bonds is 4. The summed E-state index contributed by atoms with van der Waals surface area (Å²) in [5.41, 5.74) is 4.36. The monoisotopic (exact) mass is 482 g/mol. The molecule has 2 fully saturated rings. The second-order valence-corrected chi connectivity index (χ2v) is 9.74. The van der Waals surface area contributed by atoms with Crippen LogP contribution in [-0.4, -0.2) is 62.7 Å². The quantitative estimate of drug-likeness (QED) is 0.702. The highest BCUT2D eigenvalue weighted by Gasteiger charge is 2.51. The fourth-order valence-corrected chi connectivity index (χ4v) is 5.22. The Bertz CT molecular complexity index is 995. The van der Waals surface area contributed by atoms with Crippen molar-refractivity contribution in [3.8, 4) is 0 Å². The molecule has 1 unspecified atom stereocenters. The van der Waals surface area contributed by atoms with Crippen LogP contribution in [0.3, 0.4) is 0 Å². The summed E-state index contributed by atoms with van der Waals surface area (Å²) >= 11 is 1.97. The number of thioether (sulfide) groups is 1. The number of carboxylic acids is 1. The zero-order valence-corrected chi connectivity index (χ0v) is 19.1. The molecule has 1 N–H and O–H groups in total. The van der Waals surface area contributed by atoms with E-state index >= 15 is 0 Å². The molecule has 2 aliphatic rings. The van der Waals surface area contributed by atoms with Gasteiger partial charge in [0, 0.05) is 36.8 Å². The van der Waals surface area contributed by atoms with Crippen LogP contribution in [0.4, 0.5) is 13.2 Å². The molecule has 0 bridgehead atoms. The lowest BCUT2D eigenvalue weighted by molar-refractivity contribution is -0.192. The number of halogens is 3. The Balaban J connectivity index is 0.000000383. The number of carboxylic acid groups (broad SMARTS) is 1. The Labute approximate surface area is 194 Å². The van der Waals surface area contributed by atoms with Crippen LogP contribution in [0.25, 0.3) is 0 Å². The minimum Gasteiger partial charge on any atom is -0.475 e. The molecule has 4 rings (SSSR count). The smallest absolute Gasteiger partial charge is 0.475 e. The van der Waals surface area contributed by atoms with E-state index in [1.807, 2.05) is 47.0 Å². The van der Waals surface area contributed by atoms with Gasteiger partial charge in [0.25, 0.3) is 5.91 Å². The lowest BCUT2D eigenvalue weighted by Gasteiger charge is -2.47. The van der Waals surface area contributed by atoms with Crippen molar-refractivity contribution in [3.05, 3.63) is 65.0 Å². The average molecular weight is 483 g/mol. The molecule has 1 aromatic heterocycles. The van der Waals surface area contributed by atoms with Gasteiger partial charge in [-0.15, -0.1) is 11.8 Å². The van der Waals surface area contributed by atoms with Crippen LogP contribution < -0.4 is 0 Å². The third kappa shape index (κ3) is 6.48. The van der Waals surface area contributed by atoms with E-state index in [0.717, 1.165) is 36.4 Å². The first-order chi connectivity index (χ1) is 15.5. The Hall–Kier alpha value is -2.59. The van der Waals surface area contributed by atoms with Crippen molar-refractivity contribution in [2.45, 2.75) is 43.9 Å². The molecule has 6 nitrogen and oxygen atoms in total. The summed E-state index contributed by atoms with van der Waals surface area (Å²) in [7, 11) is 0. The van der Waals surface area contributed by atoms with Crippen molar-refractivity contribution in [1.29, 1.82) is 0 Å². The average Bonchev–Trinajstić information content (AvgIpc) is 3.18. The first kappa shape index (κ1) is 25.0. The van der Waals surface area contributed by atoms with Crippen molar-refractivity contribution < 1.29 is 32.6 Å². The molecule has 1 amide bonds. The van der Waals surface area contributed by atoms with E-state index in [9.17, 15) is 18.0 Å². The van der Waals surface area contributed by atoms with Gasteiger partial charge in [0.2, 0.25) is 0 Å². The van der Waals surface area contributed by atoms with Crippen LogP contribution in [0.1, 0.15) is 33.5 Å². The minimum absolute atomic E-state index is 0.153. The highest BCUT2D eigenvalue weighted by molar-refractivity contribution is 8.01. The third-order valence-corrected chi connectivity index (χ3v) is 7.23. The van der Waals surface area contributed by atoms with Crippen LogP contribution in [0, 0.1) is 13.8 Å². The molecular formula is C23H25F3N2O4S. The van der Waals surface area contributed by atoms with Gasteiger partial charge >= 0.3 is 12.1 Å². The number of likely N-dealkylation sites (tertiary alicyclic amines) is 1. The molecule has 2 aromatic rings. The second kappa shape index (κ2) is 10.1. The van der Waals surface area contributed by atoms with Gasteiger partial charge in [0.1, 0.15) is 0 Å². The molecule has 3 heterocycles. The summed E-state index contributed by atoms with van der Waals surface area (Å²) < 4.78 is 38.0. The van der Waals surface area contributed by atoms with Gasteiger partial charge in [-0.1, -0.05) is 6.07 Å².